The molecule has 0 spiro atoms. The van der Waals surface area contributed by atoms with E-state index >= 15 is 0 Å². The molecular weight excluding hydrogens is 356 g/mol. The first-order valence-electron chi connectivity index (χ1n) is 8.57. The maximum absolute atomic E-state index is 12.7. The van der Waals surface area contributed by atoms with Gasteiger partial charge in [0.25, 0.3) is 11.8 Å². The first-order chi connectivity index (χ1) is 12.1. The number of halogens is 1. The third-order valence-corrected chi connectivity index (χ3v) is 6.33. The van der Waals surface area contributed by atoms with Crippen LogP contribution in [0.25, 0.3) is 0 Å². The van der Waals surface area contributed by atoms with Crippen LogP contribution in [0, 0.1) is 0 Å². The predicted molar refractivity (Wildman–Crippen MR) is 99.4 cm³/mol. The van der Waals surface area contributed by atoms with E-state index in [-0.39, 0.29) is 11.8 Å². The van der Waals surface area contributed by atoms with Crippen molar-refractivity contribution in [2.24, 2.45) is 0 Å². The second kappa shape index (κ2) is 6.81. The van der Waals surface area contributed by atoms with Gasteiger partial charge in [-0.25, -0.2) is 0 Å². The van der Waals surface area contributed by atoms with E-state index in [0.29, 0.717) is 23.7 Å². The quantitative estimate of drug-likeness (QED) is 0.801. The van der Waals surface area contributed by atoms with E-state index in [9.17, 15) is 9.59 Å². The molecular formula is C19H19ClN2O2S. The number of thiophene rings is 1. The van der Waals surface area contributed by atoms with Crippen molar-refractivity contribution >= 4 is 34.8 Å². The molecule has 2 aliphatic heterocycles. The van der Waals surface area contributed by atoms with Crippen LogP contribution in [0.1, 0.15) is 43.3 Å². The van der Waals surface area contributed by atoms with Gasteiger partial charge in [-0.05, 0) is 55.2 Å². The second-order valence-electron chi connectivity index (χ2n) is 6.54. The molecule has 25 heavy (non-hydrogen) atoms. The molecule has 0 unspecified atom stereocenters. The highest BCUT2D eigenvalue weighted by Gasteiger charge is 2.27. The predicted octanol–water partition coefficient (Wildman–Crippen LogP) is 3.84. The van der Waals surface area contributed by atoms with Gasteiger partial charge in [0.15, 0.2) is 0 Å². The zero-order chi connectivity index (χ0) is 17.4. The van der Waals surface area contributed by atoms with Crippen LogP contribution in [-0.2, 0) is 13.0 Å². The van der Waals surface area contributed by atoms with Gasteiger partial charge in [-0.1, -0.05) is 11.6 Å². The van der Waals surface area contributed by atoms with Gasteiger partial charge in [0.1, 0.15) is 0 Å². The molecule has 0 N–H and O–H groups in total. The number of fused-ring (bicyclic) bond motifs is 1. The minimum Gasteiger partial charge on any atom is -0.338 e. The number of likely N-dealkylation sites (tertiary alicyclic amines) is 1. The summed E-state index contributed by atoms with van der Waals surface area (Å²) in [5.74, 6) is 0.161. The van der Waals surface area contributed by atoms with Gasteiger partial charge in [0.05, 0.1) is 4.88 Å². The van der Waals surface area contributed by atoms with Gasteiger partial charge >= 0.3 is 0 Å². The SMILES string of the molecule is O=C(c1ccc(Cl)cc1)N1CCc2sc(C(=O)N3CCCC3)cc2C1. The molecule has 0 aliphatic carbocycles. The van der Waals surface area contributed by atoms with Crippen LogP contribution in [0.5, 0.6) is 0 Å². The number of rotatable bonds is 2. The Morgan fingerprint density at radius 3 is 2.40 bits per heavy atom. The van der Waals surface area contributed by atoms with Crippen molar-refractivity contribution in [2.75, 3.05) is 19.6 Å². The topological polar surface area (TPSA) is 40.6 Å². The number of hydrogen-bond acceptors (Lipinski definition) is 3. The van der Waals surface area contributed by atoms with Crippen LogP contribution in [0.3, 0.4) is 0 Å². The van der Waals surface area contributed by atoms with Crippen molar-refractivity contribution in [1.29, 1.82) is 0 Å². The van der Waals surface area contributed by atoms with Crippen LogP contribution in [0.4, 0.5) is 0 Å². The Morgan fingerprint density at radius 2 is 1.68 bits per heavy atom. The number of carbonyl (C=O) groups is 2. The first-order valence-corrected chi connectivity index (χ1v) is 9.77. The first kappa shape index (κ1) is 16.6. The lowest BCUT2D eigenvalue weighted by Crippen LogP contribution is -2.35. The van der Waals surface area contributed by atoms with Gasteiger partial charge in [-0.2, -0.15) is 0 Å². The van der Waals surface area contributed by atoms with Crippen molar-refractivity contribution in [3.8, 4) is 0 Å². The van der Waals surface area contributed by atoms with Crippen molar-refractivity contribution in [3.05, 3.63) is 56.2 Å². The number of hydrogen-bond donors (Lipinski definition) is 0. The van der Waals surface area contributed by atoms with Crippen molar-refractivity contribution in [2.45, 2.75) is 25.8 Å². The van der Waals surface area contributed by atoms with Crippen LogP contribution in [0.2, 0.25) is 5.02 Å². The van der Waals surface area contributed by atoms with E-state index in [0.717, 1.165) is 42.8 Å². The summed E-state index contributed by atoms with van der Waals surface area (Å²) in [6, 6.07) is 8.98. The monoisotopic (exact) mass is 374 g/mol. The highest BCUT2D eigenvalue weighted by molar-refractivity contribution is 7.14. The largest absolute Gasteiger partial charge is 0.338 e. The molecule has 0 bridgehead atoms. The molecule has 4 rings (SSSR count). The summed E-state index contributed by atoms with van der Waals surface area (Å²) in [6.45, 7) is 2.98. The summed E-state index contributed by atoms with van der Waals surface area (Å²) in [5.41, 5.74) is 1.76. The maximum atomic E-state index is 12.7. The number of nitrogens with zero attached hydrogens (tertiary/aromatic N) is 2. The van der Waals surface area contributed by atoms with Crippen molar-refractivity contribution < 1.29 is 9.59 Å². The molecule has 130 valence electrons. The molecule has 1 fully saturated rings. The van der Waals surface area contributed by atoms with Crippen LogP contribution < -0.4 is 0 Å². The Labute approximate surface area is 156 Å². The average molecular weight is 375 g/mol. The van der Waals surface area contributed by atoms with Gasteiger partial charge in [-0.3, -0.25) is 9.59 Å². The molecule has 2 aromatic rings. The Bertz CT molecular complexity index is 809. The number of carbonyl (C=O) groups excluding carboxylic acids is 2. The molecule has 0 radical (unpaired) electrons. The van der Waals surface area contributed by atoms with E-state index < -0.39 is 0 Å². The number of amides is 2. The lowest BCUT2D eigenvalue weighted by molar-refractivity contribution is 0.0735. The van der Waals surface area contributed by atoms with E-state index in [1.807, 2.05) is 15.9 Å². The average Bonchev–Trinajstić information content (AvgIpc) is 3.30. The Kier molecular flexibility index (Phi) is 4.52. The van der Waals surface area contributed by atoms with E-state index in [4.69, 9.17) is 11.6 Å². The smallest absolute Gasteiger partial charge is 0.263 e. The molecule has 0 atom stereocenters. The molecule has 2 amide bonds. The highest BCUT2D eigenvalue weighted by atomic mass is 35.5. The lowest BCUT2D eigenvalue weighted by Gasteiger charge is -2.27. The van der Waals surface area contributed by atoms with Gasteiger partial charge < -0.3 is 9.80 Å². The Balaban J connectivity index is 1.50. The molecule has 1 aromatic carbocycles. The Morgan fingerprint density at radius 1 is 0.960 bits per heavy atom. The molecule has 6 heteroatoms. The summed E-state index contributed by atoms with van der Waals surface area (Å²) in [7, 11) is 0. The van der Waals surface area contributed by atoms with Gasteiger partial charge in [0, 0.05) is 41.6 Å². The van der Waals surface area contributed by atoms with Crippen molar-refractivity contribution in [1.82, 2.24) is 9.80 Å². The fourth-order valence-electron chi connectivity index (χ4n) is 3.46. The lowest BCUT2D eigenvalue weighted by atomic mass is 10.1. The molecule has 4 nitrogen and oxygen atoms in total. The second-order valence-corrected chi connectivity index (χ2v) is 8.12. The summed E-state index contributed by atoms with van der Waals surface area (Å²) < 4.78 is 0. The molecule has 1 aromatic heterocycles. The van der Waals surface area contributed by atoms with E-state index in [2.05, 4.69) is 0 Å². The normalized spacial score (nSPS) is 16.8. The van der Waals surface area contributed by atoms with Gasteiger partial charge in [-0.15, -0.1) is 11.3 Å². The summed E-state index contributed by atoms with van der Waals surface area (Å²) in [4.78, 5) is 31.1. The van der Waals surface area contributed by atoms with E-state index in [1.165, 1.54) is 4.88 Å². The summed E-state index contributed by atoms with van der Waals surface area (Å²) >= 11 is 7.49. The molecule has 2 aliphatic rings. The third kappa shape index (κ3) is 3.31. The third-order valence-electron chi connectivity index (χ3n) is 4.85. The fraction of sp³-hybridized carbons (Fsp3) is 0.368. The fourth-order valence-corrected chi connectivity index (χ4v) is 4.72. The van der Waals surface area contributed by atoms with Crippen LogP contribution >= 0.6 is 22.9 Å². The zero-order valence-electron chi connectivity index (χ0n) is 13.8. The molecule has 3 heterocycles. The van der Waals surface area contributed by atoms with Crippen LogP contribution in [0.15, 0.2) is 30.3 Å². The van der Waals surface area contributed by atoms with E-state index in [1.54, 1.807) is 35.6 Å². The highest BCUT2D eigenvalue weighted by Crippen LogP contribution is 2.30. The zero-order valence-corrected chi connectivity index (χ0v) is 15.4. The van der Waals surface area contributed by atoms with Crippen molar-refractivity contribution in [3.63, 3.8) is 0 Å². The minimum absolute atomic E-state index is 0.0148. The molecule has 1 saturated heterocycles. The summed E-state index contributed by atoms with van der Waals surface area (Å²) in [5, 5.41) is 0.625. The van der Waals surface area contributed by atoms with Gasteiger partial charge in [0.2, 0.25) is 0 Å². The number of benzene rings is 1. The maximum Gasteiger partial charge on any atom is 0.263 e. The Hall–Kier alpha value is -1.85. The standard InChI is InChI=1S/C19H19ClN2O2S/c20-15-5-3-13(4-6-15)18(23)22-10-7-16-14(12-22)11-17(25-16)19(24)21-8-1-2-9-21/h3-6,11H,1-2,7-10,12H2. The molecule has 0 saturated carbocycles. The summed E-state index contributed by atoms with van der Waals surface area (Å²) in [6.07, 6.45) is 3.01. The van der Waals surface area contributed by atoms with Crippen LogP contribution in [-0.4, -0.2) is 41.2 Å². The minimum atomic E-state index is 0.0148.